The maximum atomic E-state index is 5.93. The molecule has 0 saturated heterocycles. The van der Waals surface area contributed by atoms with Gasteiger partial charge in [-0.15, -0.1) is 0 Å². The zero-order valence-electron chi connectivity index (χ0n) is 8.81. The van der Waals surface area contributed by atoms with Crippen molar-refractivity contribution in [1.29, 1.82) is 0 Å². The third-order valence-corrected chi connectivity index (χ3v) is 2.93. The van der Waals surface area contributed by atoms with Crippen LogP contribution in [0.3, 0.4) is 0 Å². The van der Waals surface area contributed by atoms with Crippen LogP contribution in [0.2, 0.25) is 5.15 Å². The first-order chi connectivity index (χ1) is 7.27. The number of hydrogen-bond donors (Lipinski definition) is 0. The Hall–Kier alpha value is -1.16. The predicted molar refractivity (Wildman–Crippen MR) is 60.0 cm³/mol. The number of hydrogen-bond acceptors (Lipinski definition) is 3. The molecule has 0 aliphatic heterocycles. The molecule has 2 rings (SSSR count). The second-order valence-electron chi connectivity index (χ2n) is 3.46. The van der Waals surface area contributed by atoms with E-state index in [2.05, 4.69) is 33.4 Å². The van der Waals surface area contributed by atoms with E-state index in [9.17, 15) is 0 Å². The molecule has 4 nitrogen and oxygen atoms in total. The summed E-state index contributed by atoms with van der Waals surface area (Å²) in [7, 11) is 0. The van der Waals surface area contributed by atoms with Crippen LogP contribution in [-0.2, 0) is 0 Å². The van der Waals surface area contributed by atoms with E-state index in [0.29, 0.717) is 16.7 Å². The monoisotopic (exact) mass is 224 g/mol. The maximum Gasteiger partial charge on any atom is 0.165 e. The normalized spacial score (nSPS) is 11.5. The molecule has 0 aliphatic carbocycles. The lowest BCUT2D eigenvalue weighted by atomic mass is 10.2. The van der Waals surface area contributed by atoms with Gasteiger partial charge in [-0.05, 0) is 12.8 Å². The molecule has 0 saturated carbocycles. The summed E-state index contributed by atoms with van der Waals surface area (Å²) in [6.07, 6.45) is 5.39. The van der Waals surface area contributed by atoms with Crippen LogP contribution in [0, 0.1) is 0 Å². The summed E-state index contributed by atoms with van der Waals surface area (Å²) < 4.78 is 2.07. The van der Waals surface area contributed by atoms with Crippen LogP contribution >= 0.6 is 11.6 Å². The lowest BCUT2D eigenvalue weighted by Gasteiger charge is -2.14. The van der Waals surface area contributed by atoms with E-state index in [4.69, 9.17) is 11.6 Å². The molecule has 0 amide bonds. The van der Waals surface area contributed by atoms with Crippen molar-refractivity contribution in [2.24, 2.45) is 0 Å². The number of nitrogens with zero attached hydrogens (tertiary/aromatic N) is 4. The lowest BCUT2D eigenvalue weighted by Crippen LogP contribution is -2.06. The van der Waals surface area contributed by atoms with Gasteiger partial charge in [0, 0.05) is 6.04 Å². The Labute approximate surface area is 93.3 Å². The Morgan fingerprint density at radius 2 is 2.00 bits per heavy atom. The van der Waals surface area contributed by atoms with E-state index in [-0.39, 0.29) is 0 Å². The summed E-state index contributed by atoms with van der Waals surface area (Å²) in [6, 6.07) is 0.431. The fourth-order valence-corrected chi connectivity index (χ4v) is 1.95. The molecular weight excluding hydrogens is 212 g/mol. The molecular formula is C10H13ClN4. The number of aromatic nitrogens is 4. The summed E-state index contributed by atoms with van der Waals surface area (Å²) in [5.74, 6) is 0. The minimum atomic E-state index is 0.421. The number of rotatable bonds is 3. The number of fused-ring (bicyclic) bond motifs is 1. The highest BCUT2D eigenvalue weighted by Crippen LogP contribution is 2.23. The molecule has 0 unspecified atom stereocenters. The molecule has 2 aromatic rings. The van der Waals surface area contributed by atoms with Gasteiger partial charge in [-0.2, -0.15) is 0 Å². The van der Waals surface area contributed by atoms with Gasteiger partial charge >= 0.3 is 0 Å². The van der Waals surface area contributed by atoms with Gasteiger partial charge in [-0.3, -0.25) is 0 Å². The summed E-state index contributed by atoms with van der Waals surface area (Å²) >= 11 is 5.93. The van der Waals surface area contributed by atoms with E-state index >= 15 is 0 Å². The summed E-state index contributed by atoms with van der Waals surface area (Å²) in [6.45, 7) is 4.31. The molecule has 0 aliphatic rings. The van der Waals surface area contributed by atoms with Gasteiger partial charge in [-0.25, -0.2) is 15.0 Å². The minimum Gasteiger partial charge on any atom is -0.312 e. The van der Waals surface area contributed by atoms with E-state index in [1.807, 2.05) is 0 Å². The molecule has 0 fully saturated rings. The van der Waals surface area contributed by atoms with Gasteiger partial charge in [-0.1, -0.05) is 25.4 Å². The molecule has 5 heteroatoms. The minimum absolute atomic E-state index is 0.421. The fraction of sp³-hybridized carbons (Fsp3) is 0.500. The zero-order valence-corrected chi connectivity index (χ0v) is 9.57. The van der Waals surface area contributed by atoms with Crippen LogP contribution < -0.4 is 0 Å². The molecule has 0 radical (unpaired) electrons. The van der Waals surface area contributed by atoms with Crippen LogP contribution in [0.4, 0.5) is 0 Å². The van der Waals surface area contributed by atoms with E-state index < -0.39 is 0 Å². The van der Waals surface area contributed by atoms with Gasteiger partial charge in [0.25, 0.3) is 0 Å². The summed E-state index contributed by atoms with van der Waals surface area (Å²) in [4.78, 5) is 12.4. The standard InChI is InChI=1S/C10H13ClN4/c1-3-7(4-2)15-6-14-8-9(11)12-5-13-10(8)15/h5-7H,3-4H2,1-2H3. The van der Waals surface area contributed by atoms with Crippen molar-refractivity contribution < 1.29 is 0 Å². The second kappa shape index (κ2) is 4.14. The van der Waals surface area contributed by atoms with Gasteiger partial charge < -0.3 is 4.57 Å². The fourth-order valence-electron chi connectivity index (χ4n) is 1.77. The van der Waals surface area contributed by atoms with E-state index in [0.717, 1.165) is 18.5 Å². The molecule has 15 heavy (non-hydrogen) atoms. The van der Waals surface area contributed by atoms with Crippen LogP contribution in [0.5, 0.6) is 0 Å². The smallest absolute Gasteiger partial charge is 0.165 e. The molecule has 80 valence electrons. The average molecular weight is 225 g/mol. The van der Waals surface area contributed by atoms with Gasteiger partial charge in [0.15, 0.2) is 10.8 Å². The largest absolute Gasteiger partial charge is 0.312 e. The molecule has 0 aromatic carbocycles. The molecule has 0 spiro atoms. The van der Waals surface area contributed by atoms with Crippen molar-refractivity contribution in [3.05, 3.63) is 17.8 Å². The average Bonchev–Trinajstić information content (AvgIpc) is 2.66. The lowest BCUT2D eigenvalue weighted by molar-refractivity contribution is 0.480. The van der Waals surface area contributed by atoms with Crippen molar-refractivity contribution in [2.45, 2.75) is 32.7 Å². The van der Waals surface area contributed by atoms with E-state index in [1.165, 1.54) is 6.33 Å². The molecule has 2 aromatic heterocycles. The van der Waals surface area contributed by atoms with Crippen LogP contribution in [0.15, 0.2) is 12.7 Å². The van der Waals surface area contributed by atoms with Gasteiger partial charge in [0.1, 0.15) is 11.8 Å². The third kappa shape index (κ3) is 1.69. The van der Waals surface area contributed by atoms with Crippen LogP contribution in [-0.4, -0.2) is 19.5 Å². The Morgan fingerprint density at radius 1 is 1.27 bits per heavy atom. The Morgan fingerprint density at radius 3 is 2.67 bits per heavy atom. The highest BCUT2D eigenvalue weighted by Gasteiger charge is 2.13. The molecule has 0 atom stereocenters. The Bertz CT molecular complexity index is 461. The van der Waals surface area contributed by atoms with Crippen LogP contribution in [0.1, 0.15) is 32.7 Å². The van der Waals surface area contributed by atoms with Crippen molar-refractivity contribution in [3.8, 4) is 0 Å². The van der Waals surface area contributed by atoms with Crippen molar-refractivity contribution in [1.82, 2.24) is 19.5 Å². The zero-order chi connectivity index (χ0) is 10.8. The van der Waals surface area contributed by atoms with E-state index in [1.54, 1.807) is 6.33 Å². The summed E-state index contributed by atoms with van der Waals surface area (Å²) in [5, 5.41) is 0.421. The third-order valence-electron chi connectivity index (χ3n) is 2.65. The molecule has 0 N–H and O–H groups in total. The first-order valence-corrected chi connectivity index (χ1v) is 5.48. The van der Waals surface area contributed by atoms with Crippen molar-refractivity contribution in [2.75, 3.05) is 0 Å². The number of imidazole rings is 1. The molecule has 0 bridgehead atoms. The SMILES string of the molecule is CCC(CC)n1cnc2c(Cl)ncnc21. The Kier molecular flexibility index (Phi) is 2.86. The highest BCUT2D eigenvalue weighted by molar-refractivity contribution is 6.33. The van der Waals surface area contributed by atoms with Gasteiger partial charge in [0.2, 0.25) is 0 Å². The first kappa shape index (κ1) is 10.4. The van der Waals surface area contributed by atoms with Crippen molar-refractivity contribution in [3.63, 3.8) is 0 Å². The quantitative estimate of drug-likeness (QED) is 0.753. The topological polar surface area (TPSA) is 43.6 Å². The molecule has 2 heterocycles. The number of halogens is 1. The Balaban J connectivity index is 2.58. The van der Waals surface area contributed by atoms with Crippen LogP contribution in [0.25, 0.3) is 11.2 Å². The predicted octanol–water partition coefficient (Wildman–Crippen LogP) is 2.84. The second-order valence-corrected chi connectivity index (χ2v) is 3.82. The van der Waals surface area contributed by atoms with Gasteiger partial charge in [0.05, 0.1) is 6.33 Å². The maximum absolute atomic E-state index is 5.93. The highest BCUT2D eigenvalue weighted by atomic mass is 35.5. The summed E-state index contributed by atoms with van der Waals surface area (Å²) in [5.41, 5.74) is 1.51. The first-order valence-electron chi connectivity index (χ1n) is 5.11. The van der Waals surface area contributed by atoms with Crippen molar-refractivity contribution >= 4 is 22.8 Å².